The second-order valence-corrected chi connectivity index (χ2v) is 8.49. The van der Waals surface area contributed by atoms with Crippen molar-refractivity contribution in [2.45, 2.75) is 27.7 Å². The number of hydrogen-bond donors (Lipinski definition) is 0. The summed E-state index contributed by atoms with van der Waals surface area (Å²) in [4.78, 5) is 0. The Hall–Kier alpha value is -1.86. The first-order valence-corrected chi connectivity index (χ1v) is 9.78. The van der Waals surface area contributed by atoms with Crippen LogP contribution in [0.1, 0.15) is 49.9 Å². The number of allylic oxidation sites excluding steroid dienone is 4. The van der Waals surface area contributed by atoms with Gasteiger partial charge in [0.15, 0.2) is 0 Å². The van der Waals surface area contributed by atoms with E-state index in [1.165, 1.54) is 44.5 Å². The molecule has 0 bridgehead atoms. The van der Waals surface area contributed by atoms with Crippen LogP contribution in [0.2, 0.25) is 0 Å². The molecule has 0 aliphatic heterocycles. The van der Waals surface area contributed by atoms with Crippen molar-refractivity contribution >= 4 is 20.7 Å². The van der Waals surface area contributed by atoms with Gasteiger partial charge in [-0.05, 0) is 61.1 Å². The second-order valence-electron chi connectivity index (χ2n) is 6.73. The average molecular weight is 315 g/mol. The number of fused-ring (bicyclic) bond motifs is 2. The Morgan fingerprint density at radius 2 is 0.826 bits per heavy atom. The molecule has 23 heavy (non-hydrogen) atoms. The quantitative estimate of drug-likeness (QED) is 0.690. The Morgan fingerprint density at radius 1 is 0.478 bits per heavy atom. The second kappa shape index (κ2) is 5.35. The van der Waals surface area contributed by atoms with Crippen LogP contribution < -0.4 is 0 Å². The predicted molar refractivity (Wildman–Crippen MR) is 103 cm³/mol. The Morgan fingerprint density at radius 3 is 1.22 bits per heavy atom. The fourth-order valence-corrected chi connectivity index (χ4v) is 6.45. The lowest BCUT2D eigenvalue weighted by Gasteiger charge is -2.20. The first-order chi connectivity index (χ1) is 11.1. The highest BCUT2D eigenvalue weighted by molar-refractivity contribution is 6.56. The molecule has 2 aromatic rings. The molecule has 114 valence electrons. The molecular weight excluding hydrogens is 292 g/mol. The van der Waals surface area contributed by atoms with E-state index in [9.17, 15) is 0 Å². The predicted octanol–water partition coefficient (Wildman–Crippen LogP) is 4.93. The summed E-state index contributed by atoms with van der Waals surface area (Å²) >= 11 is 0. The SMILES string of the molecule is CC1=C(C)c2ccccc2[C]1[SiH2][C]1C(C)=C(C)c2ccccc21. The fraction of sp³-hybridized carbons (Fsp3) is 0.182. The van der Waals surface area contributed by atoms with Crippen molar-refractivity contribution in [2.75, 3.05) is 0 Å². The van der Waals surface area contributed by atoms with Crippen LogP contribution in [-0.4, -0.2) is 9.52 Å². The summed E-state index contributed by atoms with van der Waals surface area (Å²) in [6, 6.07) is 17.9. The van der Waals surface area contributed by atoms with Gasteiger partial charge in [-0.25, -0.2) is 0 Å². The average Bonchev–Trinajstić information content (AvgIpc) is 2.97. The van der Waals surface area contributed by atoms with Crippen molar-refractivity contribution in [3.05, 3.63) is 93.0 Å². The van der Waals surface area contributed by atoms with Crippen LogP contribution in [-0.2, 0) is 0 Å². The minimum atomic E-state index is -0.494. The monoisotopic (exact) mass is 314 g/mol. The molecule has 1 heteroatoms. The van der Waals surface area contributed by atoms with Gasteiger partial charge in [0.25, 0.3) is 0 Å². The molecule has 2 aromatic carbocycles. The van der Waals surface area contributed by atoms with Gasteiger partial charge in [-0.3, -0.25) is 0 Å². The number of rotatable bonds is 2. The molecule has 0 fully saturated rings. The van der Waals surface area contributed by atoms with Gasteiger partial charge >= 0.3 is 0 Å². The van der Waals surface area contributed by atoms with Gasteiger partial charge in [0.05, 0.1) is 9.52 Å². The lowest BCUT2D eigenvalue weighted by atomic mass is 10.1. The summed E-state index contributed by atoms with van der Waals surface area (Å²) in [5, 5.41) is 0. The zero-order chi connectivity index (χ0) is 16.1. The van der Waals surface area contributed by atoms with Crippen molar-refractivity contribution in [3.8, 4) is 0 Å². The standard InChI is InChI=1S/C22H22Si/c1-13-15(3)21(19-11-7-5-9-17(13)19)23-22-16(4)14(2)18-10-6-8-12-20(18)22/h5-12H,23H2,1-4H3. The van der Waals surface area contributed by atoms with E-state index < -0.39 is 9.52 Å². The van der Waals surface area contributed by atoms with Crippen molar-refractivity contribution in [1.82, 2.24) is 0 Å². The molecule has 0 heterocycles. The van der Waals surface area contributed by atoms with Crippen molar-refractivity contribution in [2.24, 2.45) is 0 Å². The highest BCUT2D eigenvalue weighted by atomic mass is 28.2. The Labute approximate surface area is 141 Å². The van der Waals surface area contributed by atoms with Crippen molar-refractivity contribution in [3.63, 3.8) is 0 Å². The zero-order valence-electron chi connectivity index (χ0n) is 14.3. The normalized spacial score (nSPS) is 17.9. The van der Waals surface area contributed by atoms with Gasteiger partial charge < -0.3 is 0 Å². The molecule has 2 radical (unpaired) electrons. The van der Waals surface area contributed by atoms with Gasteiger partial charge in [0, 0.05) is 11.1 Å². The summed E-state index contributed by atoms with van der Waals surface area (Å²) in [5.74, 6) is 0. The van der Waals surface area contributed by atoms with Gasteiger partial charge in [-0.15, -0.1) is 0 Å². The maximum Gasteiger partial charge on any atom is 0.0575 e. The Kier molecular flexibility index (Phi) is 3.42. The topological polar surface area (TPSA) is 0 Å². The third-order valence-electron chi connectivity index (χ3n) is 5.70. The molecule has 0 amide bonds. The van der Waals surface area contributed by atoms with E-state index in [1.54, 1.807) is 11.1 Å². The zero-order valence-corrected chi connectivity index (χ0v) is 15.7. The molecule has 0 saturated heterocycles. The van der Waals surface area contributed by atoms with Crippen LogP contribution in [0, 0.1) is 11.1 Å². The van der Waals surface area contributed by atoms with Crippen LogP contribution in [0.4, 0.5) is 0 Å². The summed E-state index contributed by atoms with van der Waals surface area (Å²) < 4.78 is 0. The maximum absolute atomic E-state index is 2.31. The third kappa shape index (κ3) is 2.10. The van der Waals surface area contributed by atoms with Crippen LogP contribution in [0.25, 0.3) is 11.1 Å². The minimum absolute atomic E-state index is 0.494. The van der Waals surface area contributed by atoms with Gasteiger partial charge in [0.1, 0.15) is 0 Å². The largest absolute Gasteiger partial charge is 0.0619 e. The number of benzene rings is 2. The van der Waals surface area contributed by atoms with E-state index in [0.29, 0.717) is 0 Å². The van der Waals surface area contributed by atoms with Gasteiger partial charge in [-0.2, -0.15) is 0 Å². The highest BCUT2D eigenvalue weighted by Gasteiger charge is 2.34. The Bertz CT molecular complexity index is 782. The van der Waals surface area contributed by atoms with Crippen molar-refractivity contribution < 1.29 is 0 Å². The van der Waals surface area contributed by atoms with Crippen LogP contribution in [0.5, 0.6) is 0 Å². The fourth-order valence-electron chi connectivity index (χ4n) is 4.04. The smallest absolute Gasteiger partial charge is 0.0575 e. The highest BCUT2D eigenvalue weighted by Crippen LogP contribution is 2.46. The Balaban J connectivity index is 1.75. The first kappa shape index (κ1) is 14.7. The van der Waals surface area contributed by atoms with Crippen LogP contribution >= 0.6 is 0 Å². The summed E-state index contributed by atoms with van der Waals surface area (Å²) in [5.41, 5.74) is 15.1. The molecular formula is C22H22Si. The molecule has 0 spiro atoms. The maximum atomic E-state index is 2.31. The summed E-state index contributed by atoms with van der Waals surface area (Å²) in [7, 11) is -0.494. The molecule has 0 saturated carbocycles. The van der Waals surface area contributed by atoms with E-state index >= 15 is 0 Å². The van der Waals surface area contributed by atoms with E-state index in [0.717, 1.165) is 0 Å². The summed E-state index contributed by atoms with van der Waals surface area (Å²) in [6.07, 6.45) is 0. The summed E-state index contributed by atoms with van der Waals surface area (Å²) in [6.45, 7) is 9.17. The lowest BCUT2D eigenvalue weighted by molar-refractivity contribution is 1.31. The molecule has 2 aliphatic rings. The minimum Gasteiger partial charge on any atom is -0.0619 e. The van der Waals surface area contributed by atoms with E-state index in [-0.39, 0.29) is 0 Å². The van der Waals surface area contributed by atoms with Crippen molar-refractivity contribution in [1.29, 1.82) is 0 Å². The number of hydrogen-bond acceptors (Lipinski definition) is 0. The third-order valence-corrected chi connectivity index (χ3v) is 8.23. The van der Waals surface area contributed by atoms with E-state index in [2.05, 4.69) is 76.2 Å². The van der Waals surface area contributed by atoms with Gasteiger partial charge in [0.2, 0.25) is 0 Å². The molecule has 4 rings (SSSR count). The lowest BCUT2D eigenvalue weighted by Crippen LogP contribution is -2.18. The first-order valence-electron chi connectivity index (χ1n) is 8.36. The van der Waals surface area contributed by atoms with E-state index in [1.807, 2.05) is 0 Å². The van der Waals surface area contributed by atoms with Crippen LogP contribution in [0.15, 0.2) is 59.7 Å². The molecule has 0 unspecified atom stereocenters. The molecule has 2 aliphatic carbocycles. The van der Waals surface area contributed by atoms with Gasteiger partial charge in [-0.1, -0.05) is 59.7 Å². The molecule has 0 N–H and O–H groups in total. The molecule has 0 nitrogen and oxygen atoms in total. The van der Waals surface area contributed by atoms with E-state index in [4.69, 9.17) is 0 Å². The molecule has 0 aromatic heterocycles. The molecule has 0 atom stereocenters. The van der Waals surface area contributed by atoms with Crippen LogP contribution in [0.3, 0.4) is 0 Å².